The standard InChI is InChI=1S/C19H26N4/c1-21-15-17-4-8-19(9-5-17)23-12-10-22(11-13-23)18-6-2-16(14-20)3-7-18/h2-9,21H,10-15,20H2,1H3. The summed E-state index contributed by atoms with van der Waals surface area (Å²) in [6.45, 7) is 5.76. The highest BCUT2D eigenvalue weighted by molar-refractivity contribution is 5.52. The lowest BCUT2D eigenvalue weighted by Crippen LogP contribution is -2.46. The molecule has 0 aromatic heterocycles. The van der Waals surface area contributed by atoms with E-state index in [0.717, 1.165) is 32.7 Å². The highest BCUT2D eigenvalue weighted by Gasteiger charge is 2.17. The Labute approximate surface area is 138 Å². The van der Waals surface area contributed by atoms with Gasteiger partial charge >= 0.3 is 0 Å². The third-order valence-electron chi connectivity index (χ3n) is 4.50. The summed E-state index contributed by atoms with van der Waals surface area (Å²) in [6.07, 6.45) is 0. The molecule has 0 unspecified atom stereocenters. The monoisotopic (exact) mass is 310 g/mol. The van der Waals surface area contributed by atoms with Gasteiger partial charge in [-0.25, -0.2) is 0 Å². The smallest absolute Gasteiger partial charge is 0.0367 e. The fourth-order valence-corrected chi connectivity index (χ4v) is 3.09. The number of rotatable bonds is 5. The van der Waals surface area contributed by atoms with Crippen LogP contribution in [0.4, 0.5) is 11.4 Å². The molecule has 4 nitrogen and oxygen atoms in total. The molecule has 0 bridgehead atoms. The quantitative estimate of drug-likeness (QED) is 0.888. The normalized spacial score (nSPS) is 15.0. The second-order valence-corrected chi connectivity index (χ2v) is 6.04. The van der Waals surface area contributed by atoms with Crippen molar-refractivity contribution < 1.29 is 0 Å². The van der Waals surface area contributed by atoms with Crippen molar-refractivity contribution in [2.45, 2.75) is 13.1 Å². The fraction of sp³-hybridized carbons (Fsp3) is 0.368. The fourth-order valence-electron chi connectivity index (χ4n) is 3.09. The summed E-state index contributed by atoms with van der Waals surface area (Å²) in [5.74, 6) is 0. The maximum Gasteiger partial charge on any atom is 0.0367 e. The van der Waals surface area contributed by atoms with Crippen LogP contribution in [0.2, 0.25) is 0 Å². The number of nitrogens with two attached hydrogens (primary N) is 1. The molecule has 2 aromatic rings. The van der Waals surface area contributed by atoms with Crippen molar-refractivity contribution >= 4 is 11.4 Å². The van der Waals surface area contributed by atoms with Gasteiger partial charge in [0.15, 0.2) is 0 Å². The highest BCUT2D eigenvalue weighted by Crippen LogP contribution is 2.21. The second kappa shape index (κ2) is 7.49. The molecule has 0 atom stereocenters. The van der Waals surface area contributed by atoms with Crippen molar-refractivity contribution in [3.05, 3.63) is 59.7 Å². The second-order valence-electron chi connectivity index (χ2n) is 6.04. The number of nitrogens with one attached hydrogen (secondary N) is 1. The molecular weight excluding hydrogens is 284 g/mol. The first-order valence-corrected chi connectivity index (χ1v) is 8.32. The molecule has 0 aliphatic carbocycles. The van der Waals surface area contributed by atoms with E-state index in [2.05, 4.69) is 63.6 Å². The predicted octanol–water partition coefficient (Wildman–Crippen LogP) is 2.19. The summed E-state index contributed by atoms with van der Waals surface area (Å²) >= 11 is 0. The van der Waals surface area contributed by atoms with Gasteiger partial charge in [-0.05, 0) is 42.4 Å². The Morgan fingerprint density at radius 2 is 1.22 bits per heavy atom. The zero-order valence-electron chi connectivity index (χ0n) is 13.8. The maximum atomic E-state index is 5.67. The van der Waals surface area contributed by atoms with Crippen LogP contribution in [-0.2, 0) is 13.1 Å². The van der Waals surface area contributed by atoms with Gasteiger partial charge in [0.2, 0.25) is 0 Å². The van der Waals surface area contributed by atoms with Crippen molar-refractivity contribution in [2.24, 2.45) is 5.73 Å². The van der Waals surface area contributed by atoms with Gasteiger partial charge in [0, 0.05) is 50.6 Å². The van der Waals surface area contributed by atoms with Gasteiger partial charge in [0.25, 0.3) is 0 Å². The van der Waals surface area contributed by atoms with E-state index in [-0.39, 0.29) is 0 Å². The van der Waals surface area contributed by atoms with Crippen molar-refractivity contribution in [2.75, 3.05) is 43.0 Å². The molecule has 4 heteroatoms. The van der Waals surface area contributed by atoms with E-state index >= 15 is 0 Å². The maximum absolute atomic E-state index is 5.67. The van der Waals surface area contributed by atoms with Crippen LogP contribution in [-0.4, -0.2) is 33.2 Å². The average molecular weight is 310 g/mol. The molecule has 3 N–H and O–H groups in total. The Morgan fingerprint density at radius 3 is 1.61 bits per heavy atom. The largest absolute Gasteiger partial charge is 0.368 e. The first-order chi connectivity index (χ1) is 11.3. The Bertz CT molecular complexity index is 598. The minimum atomic E-state index is 0.609. The molecule has 0 spiro atoms. The molecule has 0 amide bonds. The van der Waals surface area contributed by atoms with Gasteiger partial charge < -0.3 is 20.9 Å². The van der Waals surface area contributed by atoms with E-state index < -0.39 is 0 Å². The third kappa shape index (κ3) is 3.84. The zero-order chi connectivity index (χ0) is 16.1. The lowest BCUT2D eigenvalue weighted by atomic mass is 10.1. The number of hydrogen-bond donors (Lipinski definition) is 2. The van der Waals surface area contributed by atoms with E-state index in [9.17, 15) is 0 Å². The van der Waals surface area contributed by atoms with E-state index in [4.69, 9.17) is 5.73 Å². The first kappa shape index (κ1) is 15.8. The number of nitrogens with zero attached hydrogens (tertiary/aromatic N) is 2. The van der Waals surface area contributed by atoms with Crippen LogP contribution in [0.5, 0.6) is 0 Å². The lowest BCUT2D eigenvalue weighted by Gasteiger charge is -2.37. The van der Waals surface area contributed by atoms with Gasteiger partial charge in [-0.3, -0.25) is 0 Å². The van der Waals surface area contributed by atoms with Crippen molar-refractivity contribution in [1.29, 1.82) is 0 Å². The third-order valence-corrected chi connectivity index (χ3v) is 4.50. The van der Waals surface area contributed by atoms with Crippen molar-refractivity contribution in [1.82, 2.24) is 5.32 Å². The van der Waals surface area contributed by atoms with Crippen LogP contribution < -0.4 is 20.9 Å². The Hall–Kier alpha value is -2.04. The van der Waals surface area contributed by atoms with Gasteiger partial charge in [0.1, 0.15) is 0 Å². The molecule has 1 saturated heterocycles. The summed E-state index contributed by atoms with van der Waals surface area (Å²) in [5.41, 5.74) is 10.8. The summed E-state index contributed by atoms with van der Waals surface area (Å²) in [7, 11) is 1.98. The molecule has 3 rings (SSSR count). The Morgan fingerprint density at radius 1 is 0.783 bits per heavy atom. The van der Waals surface area contributed by atoms with Crippen LogP contribution in [0.25, 0.3) is 0 Å². The summed E-state index contributed by atoms with van der Waals surface area (Å²) in [4.78, 5) is 4.92. The van der Waals surface area contributed by atoms with Crippen molar-refractivity contribution in [3.63, 3.8) is 0 Å². The van der Waals surface area contributed by atoms with E-state index in [0.29, 0.717) is 6.54 Å². The molecule has 1 aliphatic heterocycles. The molecule has 1 fully saturated rings. The number of piperazine rings is 1. The van der Waals surface area contributed by atoms with Crippen LogP contribution in [0, 0.1) is 0 Å². The number of anilines is 2. The summed E-state index contributed by atoms with van der Waals surface area (Å²) in [6, 6.07) is 17.5. The van der Waals surface area contributed by atoms with Gasteiger partial charge in [-0.15, -0.1) is 0 Å². The minimum absolute atomic E-state index is 0.609. The van der Waals surface area contributed by atoms with Gasteiger partial charge in [-0.2, -0.15) is 0 Å². The summed E-state index contributed by atoms with van der Waals surface area (Å²) < 4.78 is 0. The van der Waals surface area contributed by atoms with Crippen molar-refractivity contribution in [3.8, 4) is 0 Å². The molecule has 2 aromatic carbocycles. The predicted molar refractivity (Wildman–Crippen MR) is 98.0 cm³/mol. The number of hydrogen-bond acceptors (Lipinski definition) is 4. The topological polar surface area (TPSA) is 44.5 Å². The minimum Gasteiger partial charge on any atom is -0.368 e. The van der Waals surface area contributed by atoms with E-state index in [1.165, 1.54) is 22.5 Å². The number of benzene rings is 2. The molecular formula is C19H26N4. The summed E-state index contributed by atoms with van der Waals surface area (Å²) in [5, 5.41) is 3.19. The van der Waals surface area contributed by atoms with Crippen LogP contribution in [0.3, 0.4) is 0 Å². The Kier molecular flexibility index (Phi) is 5.16. The van der Waals surface area contributed by atoms with Crippen LogP contribution in [0.1, 0.15) is 11.1 Å². The Balaban J connectivity index is 1.59. The first-order valence-electron chi connectivity index (χ1n) is 8.32. The zero-order valence-corrected chi connectivity index (χ0v) is 13.8. The van der Waals surface area contributed by atoms with E-state index in [1.807, 2.05) is 7.05 Å². The van der Waals surface area contributed by atoms with E-state index in [1.54, 1.807) is 0 Å². The van der Waals surface area contributed by atoms with Gasteiger partial charge in [0.05, 0.1) is 0 Å². The van der Waals surface area contributed by atoms with Crippen LogP contribution >= 0.6 is 0 Å². The molecule has 122 valence electrons. The lowest BCUT2D eigenvalue weighted by molar-refractivity contribution is 0.653. The molecule has 1 aliphatic rings. The van der Waals surface area contributed by atoms with Crippen LogP contribution in [0.15, 0.2) is 48.5 Å². The average Bonchev–Trinajstić information content (AvgIpc) is 2.63. The molecule has 1 heterocycles. The SMILES string of the molecule is CNCc1ccc(N2CCN(c3ccc(CN)cc3)CC2)cc1. The molecule has 23 heavy (non-hydrogen) atoms. The van der Waals surface area contributed by atoms with Gasteiger partial charge in [-0.1, -0.05) is 24.3 Å². The highest BCUT2D eigenvalue weighted by atomic mass is 15.3. The molecule has 0 radical (unpaired) electrons. The molecule has 0 saturated carbocycles.